The van der Waals surface area contributed by atoms with Gasteiger partial charge in [0.25, 0.3) is 0 Å². The van der Waals surface area contributed by atoms with Crippen LogP contribution in [-0.2, 0) is 12.5 Å². The van der Waals surface area contributed by atoms with Crippen molar-refractivity contribution >= 4 is 28.4 Å². The van der Waals surface area contributed by atoms with Crippen molar-refractivity contribution in [3.63, 3.8) is 0 Å². The Hall–Kier alpha value is -1.18. The molecule has 0 saturated heterocycles. The molecule has 0 fully saturated rings. The van der Waals surface area contributed by atoms with Crippen LogP contribution in [-0.4, -0.2) is 19.7 Å². The highest BCUT2D eigenvalue weighted by molar-refractivity contribution is 14.1. The van der Waals surface area contributed by atoms with Crippen LogP contribution in [0.25, 0.3) is 11.5 Å². The Morgan fingerprint density at radius 3 is 2.44 bits per heavy atom. The van der Waals surface area contributed by atoms with Crippen molar-refractivity contribution in [3.05, 3.63) is 21.5 Å². The molecular formula is C12H16IN5. The topological polar surface area (TPSA) is 69.6 Å². The average Bonchev–Trinajstić information content (AvgIpc) is 2.66. The van der Waals surface area contributed by atoms with Gasteiger partial charge in [0.2, 0.25) is 0 Å². The largest absolute Gasteiger partial charge is 0.383 e. The third-order valence-corrected chi connectivity index (χ3v) is 3.70. The van der Waals surface area contributed by atoms with Gasteiger partial charge in [-0.15, -0.1) is 0 Å². The number of nitrogen functional groups attached to an aromatic ring is 1. The highest BCUT2D eigenvalue weighted by Crippen LogP contribution is 2.30. The zero-order chi connectivity index (χ0) is 13.5. The normalized spacial score (nSPS) is 11.8. The predicted molar refractivity (Wildman–Crippen MR) is 80.1 cm³/mol. The SMILES string of the molecule is Cn1nccc1-c1nc(N)c(I)c(C(C)(C)C)n1. The molecule has 0 aliphatic heterocycles. The van der Waals surface area contributed by atoms with E-state index in [9.17, 15) is 0 Å². The summed E-state index contributed by atoms with van der Waals surface area (Å²) >= 11 is 2.20. The second-order valence-electron chi connectivity index (χ2n) is 5.19. The number of rotatable bonds is 1. The standard InChI is InChI=1S/C12H16IN5/c1-12(2,3)9-8(13)10(14)17-11(16-9)7-5-6-15-18(7)4/h5-6H,1-4H3,(H2,14,16,17). The first-order valence-corrected chi connectivity index (χ1v) is 6.70. The van der Waals surface area contributed by atoms with Gasteiger partial charge in [0.05, 0.1) is 9.26 Å². The van der Waals surface area contributed by atoms with Crippen molar-refractivity contribution in [2.75, 3.05) is 5.73 Å². The molecule has 0 aliphatic rings. The van der Waals surface area contributed by atoms with E-state index in [1.54, 1.807) is 10.9 Å². The smallest absolute Gasteiger partial charge is 0.180 e. The average molecular weight is 357 g/mol. The van der Waals surface area contributed by atoms with Crippen LogP contribution in [0.4, 0.5) is 5.82 Å². The molecule has 5 nitrogen and oxygen atoms in total. The van der Waals surface area contributed by atoms with E-state index in [0.717, 1.165) is 15.0 Å². The van der Waals surface area contributed by atoms with E-state index in [2.05, 4.69) is 58.4 Å². The van der Waals surface area contributed by atoms with Gasteiger partial charge in [-0.3, -0.25) is 4.68 Å². The number of hydrogen-bond acceptors (Lipinski definition) is 4. The van der Waals surface area contributed by atoms with Crippen molar-refractivity contribution in [2.45, 2.75) is 26.2 Å². The molecule has 2 heterocycles. The van der Waals surface area contributed by atoms with Gasteiger partial charge in [0, 0.05) is 18.7 Å². The molecule has 0 radical (unpaired) electrons. The first kappa shape index (κ1) is 13.3. The summed E-state index contributed by atoms with van der Waals surface area (Å²) < 4.78 is 2.67. The Morgan fingerprint density at radius 2 is 1.94 bits per heavy atom. The Morgan fingerprint density at radius 1 is 1.28 bits per heavy atom. The lowest BCUT2D eigenvalue weighted by molar-refractivity contribution is 0.563. The summed E-state index contributed by atoms with van der Waals surface area (Å²) in [6.45, 7) is 6.35. The molecular weight excluding hydrogens is 341 g/mol. The lowest BCUT2D eigenvalue weighted by Gasteiger charge is -2.20. The number of hydrogen-bond donors (Lipinski definition) is 1. The Balaban J connectivity index is 2.66. The third-order valence-electron chi connectivity index (χ3n) is 2.64. The minimum atomic E-state index is -0.0685. The molecule has 0 bridgehead atoms. The lowest BCUT2D eigenvalue weighted by atomic mass is 9.92. The van der Waals surface area contributed by atoms with E-state index >= 15 is 0 Å². The van der Waals surface area contributed by atoms with Crippen LogP contribution >= 0.6 is 22.6 Å². The molecule has 6 heteroatoms. The molecule has 0 spiro atoms. The number of anilines is 1. The maximum absolute atomic E-state index is 5.99. The van der Waals surface area contributed by atoms with Crippen molar-refractivity contribution < 1.29 is 0 Å². The highest BCUT2D eigenvalue weighted by atomic mass is 127. The number of aryl methyl sites for hydroxylation is 1. The monoisotopic (exact) mass is 357 g/mol. The second kappa shape index (κ2) is 4.49. The Bertz CT molecular complexity index is 583. The summed E-state index contributed by atoms with van der Waals surface area (Å²) in [6.07, 6.45) is 1.73. The van der Waals surface area contributed by atoms with Crippen LogP contribution in [0, 0.1) is 3.57 Å². The van der Waals surface area contributed by atoms with Gasteiger partial charge in [-0.05, 0) is 28.7 Å². The van der Waals surface area contributed by atoms with Crippen molar-refractivity contribution in [3.8, 4) is 11.5 Å². The van der Waals surface area contributed by atoms with E-state index < -0.39 is 0 Å². The maximum atomic E-state index is 5.99. The number of nitrogens with two attached hydrogens (primary N) is 1. The van der Waals surface area contributed by atoms with E-state index in [0.29, 0.717) is 11.6 Å². The molecule has 2 rings (SSSR count). The van der Waals surface area contributed by atoms with Gasteiger partial charge in [0.15, 0.2) is 5.82 Å². The van der Waals surface area contributed by atoms with Crippen LogP contribution in [0.1, 0.15) is 26.5 Å². The van der Waals surface area contributed by atoms with Gasteiger partial charge in [-0.2, -0.15) is 5.10 Å². The lowest BCUT2D eigenvalue weighted by Crippen LogP contribution is -2.18. The van der Waals surface area contributed by atoms with Gasteiger partial charge >= 0.3 is 0 Å². The van der Waals surface area contributed by atoms with Crippen molar-refractivity contribution in [2.24, 2.45) is 7.05 Å². The van der Waals surface area contributed by atoms with E-state index in [1.165, 1.54) is 0 Å². The first-order chi connectivity index (χ1) is 8.30. The molecule has 0 unspecified atom stereocenters. The minimum Gasteiger partial charge on any atom is -0.383 e. The van der Waals surface area contributed by atoms with Crippen molar-refractivity contribution in [1.29, 1.82) is 0 Å². The number of aromatic nitrogens is 4. The molecule has 0 amide bonds. The first-order valence-electron chi connectivity index (χ1n) is 5.62. The van der Waals surface area contributed by atoms with Crippen LogP contribution in [0.15, 0.2) is 12.3 Å². The number of halogens is 1. The van der Waals surface area contributed by atoms with Gasteiger partial charge in [-0.1, -0.05) is 20.8 Å². The third kappa shape index (κ3) is 2.33. The molecule has 0 saturated carbocycles. The summed E-state index contributed by atoms with van der Waals surface area (Å²) in [4.78, 5) is 9.00. The van der Waals surface area contributed by atoms with Crippen LogP contribution in [0.2, 0.25) is 0 Å². The zero-order valence-electron chi connectivity index (χ0n) is 10.9. The summed E-state index contributed by atoms with van der Waals surface area (Å²) in [5.74, 6) is 1.14. The zero-order valence-corrected chi connectivity index (χ0v) is 13.1. The Labute approximate surface area is 120 Å². The Kier molecular flexibility index (Phi) is 3.31. The van der Waals surface area contributed by atoms with Crippen LogP contribution < -0.4 is 5.73 Å². The molecule has 2 aromatic rings. The van der Waals surface area contributed by atoms with Crippen LogP contribution in [0.3, 0.4) is 0 Å². The fourth-order valence-corrected chi connectivity index (χ4v) is 2.72. The summed E-state index contributed by atoms with van der Waals surface area (Å²) in [5.41, 5.74) is 7.75. The summed E-state index contributed by atoms with van der Waals surface area (Å²) in [6, 6.07) is 1.88. The van der Waals surface area contributed by atoms with Gasteiger partial charge in [0.1, 0.15) is 11.5 Å². The van der Waals surface area contributed by atoms with E-state index in [-0.39, 0.29) is 5.41 Å². The predicted octanol–water partition coefficient (Wildman–Crippen LogP) is 2.36. The molecule has 96 valence electrons. The second-order valence-corrected chi connectivity index (χ2v) is 6.26. The van der Waals surface area contributed by atoms with Crippen molar-refractivity contribution in [1.82, 2.24) is 19.7 Å². The minimum absolute atomic E-state index is 0.0685. The van der Waals surface area contributed by atoms with E-state index in [4.69, 9.17) is 5.73 Å². The number of nitrogens with zero attached hydrogens (tertiary/aromatic N) is 4. The van der Waals surface area contributed by atoms with E-state index in [1.807, 2.05) is 13.1 Å². The molecule has 0 aromatic carbocycles. The van der Waals surface area contributed by atoms with Crippen LogP contribution in [0.5, 0.6) is 0 Å². The molecule has 0 aliphatic carbocycles. The fourth-order valence-electron chi connectivity index (χ4n) is 1.67. The highest BCUT2D eigenvalue weighted by Gasteiger charge is 2.23. The van der Waals surface area contributed by atoms with Gasteiger partial charge in [-0.25, -0.2) is 9.97 Å². The molecule has 2 N–H and O–H groups in total. The quantitative estimate of drug-likeness (QED) is 0.796. The fraction of sp³-hybridized carbons (Fsp3) is 0.417. The molecule has 0 atom stereocenters. The maximum Gasteiger partial charge on any atom is 0.180 e. The molecule has 18 heavy (non-hydrogen) atoms. The molecule has 2 aromatic heterocycles. The summed E-state index contributed by atoms with van der Waals surface area (Å²) in [7, 11) is 1.86. The van der Waals surface area contributed by atoms with Gasteiger partial charge < -0.3 is 5.73 Å². The summed E-state index contributed by atoms with van der Waals surface area (Å²) in [5, 5.41) is 4.13.